The third-order valence-electron chi connectivity index (χ3n) is 3.45. The zero-order valence-electron chi connectivity index (χ0n) is 13.5. The second-order valence-corrected chi connectivity index (χ2v) is 5.15. The zero-order valence-corrected chi connectivity index (χ0v) is 13.5. The Balaban J connectivity index is 2.36. The Morgan fingerprint density at radius 3 is 2.54 bits per heavy atom. The maximum atomic E-state index is 12.5. The molecule has 0 aromatic heterocycles. The van der Waals surface area contributed by atoms with Crippen LogP contribution in [0.1, 0.15) is 6.92 Å². The van der Waals surface area contributed by atoms with Gasteiger partial charge in [0.15, 0.2) is 0 Å². The summed E-state index contributed by atoms with van der Waals surface area (Å²) < 4.78 is 4.72. The summed E-state index contributed by atoms with van der Waals surface area (Å²) in [4.78, 5) is 37.0. The summed E-state index contributed by atoms with van der Waals surface area (Å²) in [5.41, 5.74) is 1.21. The summed E-state index contributed by atoms with van der Waals surface area (Å²) in [6.45, 7) is 1.32. The van der Waals surface area contributed by atoms with Crippen LogP contribution in [0.5, 0.6) is 0 Å². The fourth-order valence-corrected chi connectivity index (χ4v) is 2.37. The molecule has 8 heteroatoms. The van der Waals surface area contributed by atoms with Gasteiger partial charge in [0.2, 0.25) is 5.91 Å². The molecule has 2 rings (SSSR count). The highest BCUT2D eigenvalue weighted by atomic mass is 16.5. The molecule has 1 aromatic carbocycles. The monoisotopic (exact) mass is 333 g/mol. The summed E-state index contributed by atoms with van der Waals surface area (Å²) in [6.07, 6.45) is 0. The summed E-state index contributed by atoms with van der Waals surface area (Å²) in [5.74, 6) is -1.29. The van der Waals surface area contributed by atoms with Crippen molar-refractivity contribution in [3.05, 3.63) is 35.5 Å². The van der Waals surface area contributed by atoms with Crippen molar-refractivity contribution in [1.29, 1.82) is 0 Å². The van der Waals surface area contributed by atoms with Gasteiger partial charge >= 0.3 is 5.97 Å². The number of nitrogens with one attached hydrogen (secondary N) is 2. The van der Waals surface area contributed by atoms with Gasteiger partial charge in [0.1, 0.15) is 5.70 Å². The number of ether oxygens (including phenoxy) is 1. The number of aliphatic hydroxyl groups is 1. The van der Waals surface area contributed by atoms with Crippen LogP contribution in [-0.4, -0.2) is 54.6 Å². The van der Waals surface area contributed by atoms with E-state index in [0.717, 1.165) is 0 Å². The van der Waals surface area contributed by atoms with E-state index < -0.39 is 11.9 Å². The number of methoxy groups -OCH3 is 1. The predicted molar refractivity (Wildman–Crippen MR) is 87.1 cm³/mol. The van der Waals surface area contributed by atoms with E-state index in [2.05, 4.69) is 10.6 Å². The van der Waals surface area contributed by atoms with E-state index >= 15 is 0 Å². The van der Waals surface area contributed by atoms with Crippen LogP contribution in [0.25, 0.3) is 0 Å². The lowest BCUT2D eigenvalue weighted by Crippen LogP contribution is -2.31. The molecular weight excluding hydrogens is 314 g/mol. The normalized spacial score (nSPS) is 14.0. The summed E-state index contributed by atoms with van der Waals surface area (Å²) in [6, 6.07) is 6.82. The Labute approximate surface area is 139 Å². The quantitative estimate of drug-likeness (QED) is 0.647. The van der Waals surface area contributed by atoms with Crippen LogP contribution in [0, 0.1) is 0 Å². The molecule has 0 bridgehead atoms. The van der Waals surface area contributed by atoms with Crippen molar-refractivity contribution in [2.45, 2.75) is 6.92 Å². The molecule has 1 aromatic rings. The van der Waals surface area contributed by atoms with E-state index in [1.165, 1.54) is 18.9 Å². The number of benzene rings is 1. The van der Waals surface area contributed by atoms with Gasteiger partial charge in [-0.1, -0.05) is 12.1 Å². The fraction of sp³-hybridized carbons (Fsp3) is 0.312. The van der Waals surface area contributed by atoms with Crippen LogP contribution in [0.3, 0.4) is 0 Å². The number of rotatable bonds is 6. The molecule has 0 unspecified atom stereocenters. The number of hydrogen-bond acceptors (Lipinski definition) is 6. The topological polar surface area (TPSA) is 108 Å². The molecule has 1 aliphatic heterocycles. The Kier molecular flexibility index (Phi) is 5.54. The number of anilines is 2. The lowest BCUT2D eigenvalue weighted by Gasteiger charge is -2.16. The molecule has 8 nitrogen and oxygen atoms in total. The lowest BCUT2D eigenvalue weighted by molar-refractivity contribution is -0.136. The van der Waals surface area contributed by atoms with Crippen molar-refractivity contribution in [2.75, 3.05) is 37.4 Å². The van der Waals surface area contributed by atoms with Crippen LogP contribution in [-0.2, 0) is 19.1 Å². The molecule has 3 N–H and O–H groups in total. The van der Waals surface area contributed by atoms with Gasteiger partial charge in [0, 0.05) is 13.5 Å². The van der Waals surface area contributed by atoms with Gasteiger partial charge in [0.25, 0.3) is 5.91 Å². The van der Waals surface area contributed by atoms with Crippen LogP contribution < -0.4 is 10.6 Å². The standard InChI is InChI=1S/C16H19N3O5/c1-10(21)17-12-5-3-4-6-13(12)18-14-11(16(23)24-2)9-19(7-8-20)15(14)22/h3-6,18,20H,7-9H2,1-2H3,(H,17,21). The molecule has 1 aliphatic rings. The Morgan fingerprint density at radius 2 is 1.96 bits per heavy atom. The van der Waals surface area contributed by atoms with Crippen molar-refractivity contribution >= 4 is 29.2 Å². The minimum Gasteiger partial charge on any atom is -0.466 e. The largest absolute Gasteiger partial charge is 0.466 e. The van der Waals surface area contributed by atoms with Gasteiger partial charge in [-0.3, -0.25) is 9.59 Å². The van der Waals surface area contributed by atoms with Crippen LogP contribution in [0.4, 0.5) is 11.4 Å². The number of β-amino-alcohol motifs (C(OH)–C–C–N with tert-alkyl or cyclic N) is 1. The fourth-order valence-electron chi connectivity index (χ4n) is 2.37. The first-order chi connectivity index (χ1) is 11.5. The third kappa shape index (κ3) is 3.72. The Bertz CT molecular complexity index is 699. The SMILES string of the molecule is COC(=O)C1=C(Nc2ccccc2NC(C)=O)C(=O)N(CCO)C1. The van der Waals surface area contributed by atoms with Gasteiger partial charge in [-0.25, -0.2) is 4.79 Å². The maximum absolute atomic E-state index is 12.5. The van der Waals surface area contributed by atoms with E-state index in [4.69, 9.17) is 9.84 Å². The number of carbonyl (C=O) groups excluding carboxylic acids is 3. The summed E-state index contributed by atoms with van der Waals surface area (Å²) >= 11 is 0. The molecule has 128 valence electrons. The first kappa shape index (κ1) is 17.5. The Morgan fingerprint density at radius 1 is 1.29 bits per heavy atom. The zero-order chi connectivity index (χ0) is 17.7. The molecular formula is C16H19N3O5. The molecule has 1 heterocycles. The molecule has 0 radical (unpaired) electrons. The van der Waals surface area contributed by atoms with Gasteiger partial charge in [-0.05, 0) is 12.1 Å². The van der Waals surface area contributed by atoms with E-state index in [-0.39, 0.29) is 36.9 Å². The number of amides is 2. The second kappa shape index (κ2) is 7.60. The lowest BCUT2D eigenvalue weighted by atomic mass is 10.2. The van der Waals surface area contributed by atoms with E-state index in [0.29, 0.717) is 11.4 Å². The minimum absolute atomic E-state index is 0.0523. The highest BCUT2D eigenvalue weighted by Crippen LogP contribution is 2.27. The molecule has 0 saturated carbocycles. The highest BCUT2D eigenvalue weighted by Gasteiger charge is 2.34. The van der Waals surface area contributed by atoms with Crippen molar-refractivity contribution in [2.24, 2.45) is 0 Å². The van der Waals surface area contributed by atoms with E-state index in [1.54, 1.807) is 24.3 Å². The number of carbonyl (C=O) groups is 3. The van der Waals surface area contributed by atoms with Crippen molar-refractivity contribution in [3.63, 3.8) is 0 Å². The molecule has 24 heavy (non-hydrogen) atoms. The van der Waals surface area contributed by atoms with Gasteiger partial charge in [0.05, 0.1) is 37.2 Å². The number of nitrogens with zero attached hydrogens (tertiary/aromatic N) is 1. The molecule has 0 fully saturated rings. The number of aliphatic hydroxyl groups excluding tert-OH is 1. The van der Waals surface area contributed by atoms with Gasteiger partial charge in [-0.15, -0.1) is 0 Å². The predicted octanol–water partition coefficient (Wildman–Crippen LogP) is 0.318. The van der Waals surface area contributed by atoms with E-state index in [9.17, 15) is 14.4 Å². The highest BCUT2D eigenvalue weighted by molar-refractivity contribution is 6.09. The van der Waals surface area contributed by atoms with Crippen LogP contribution in [0.2, 0.25) is 0 Å². The smallest absolute Gasteiger partial charge is 0.337 e. The number of esters is 1. The molecule has 0 atom stereocenters. The van der Waals surface area contributed by atoms with Crippen LogP contribution >= 0.6 is 0 Å². The summed E-state index contributed by atoms with van der Waals surface area (Å²) in [5, 5.41) is 14.6. The molecule has 2 amide bonds. The molecule has 0 aliphatic carbocycles. The first-order valence-corrected chi connectivity index (χ1v) is 7.33. The Hall–Kier alpha value is -2.87. The third-order valence-corrected chi connectivity index (χ3v) is 3.45. The maximum Gasteiger partial charge on any atom is 0.337 e. The van der Waals surface area contributed by atoms with Crippen molar-refractivity contribution in [3.8, 4) is 0 Å². The van der Waals surface area contributed by atoms with Gasteiger partial charge < -0.3 is 25.4 Å². The molecule has 0 spiro atoms. The van der Waals surface area contributed by atoms with Crippen molar-refractivity contribution < 1.29 is 24.2 Å². The average molecular weight is 333 g/mol. The number of hydrogen-bond donors (Lipinski definition) is 3. The van der Waals surface area contributed by atoms with Crippen LogP contribution in [0.15, 0.2) is 35.5 Å². The average Bonchev–Trinajstić information content (AvgIpc) is 2.85. The molecule has 0 saturated heterocycles. The van der Waals surface area contributed by atoms with Gasteiger partial charge in [-0.2, -0.15) is 0 Å². The summed E-state index contributed by atoms with van der Waals surface area (Å²) in [7, 11) is 1.23. The second-order valence-electron chi connectivity index (χ2n) is 5.15. The minimum atomic E-state index is -0.622. The van der Waals surface area contributed by atoms with E-state index in [1.807, 2.05) is 0 Å². The number of para-hydroxylation sites is 2. The van der Waals surface area contributed by atoms with Crippen molar-refractivity contribution in [1.82, 2.24) is 4.90 Å². The first-order valence-electron chi connectivity index (χ1n) is 7.33.